The maximum atomic E-state index is 12.9. The summed E-state index contributed by atoms with van der Waals surface area (Å²) in [4.78, 5) is 11.2. The number of benzene rings is 1. The van der Waals surface area contributed by atoms with Gasteiger partial charge in [0.15, 0.2) is 11.6 Å². The van der Waals surface area contributed by atoms with Crippen molar-refractivity contribution in [3.8, 4) is 5.75 Å². The van der Waals surface area contributed by atoms with Crippen molar-refractivity contribution in [1.29, 1.82) is 0 Å². The number of carbonyl (C=O) groups excluding carboxylic acids is 1. The zero-order chi connectivity index (χ0) is 11.3. The van der Waals surface area contributed by atoms with Crippen LogP contribution in [0, 0.1) is 5.82 Å². The van der Waals surface area contributed by atoms with Crippen LogP contribution in [0.4, 0.5) is 10.1 Å². The van der Waals surface area contributed by atoms with Crippen LogP contribution in [0.5, 0.6) is 5.75 Å². The maximum Gasteiger partial charge on any atom is 0.224 e. The minimum atomic E-state index is -0.759. The SMILES string of the molecule is O=C(CCCCl)Nc1ccc(O)c(F)c1. The van der Waals surface area contributed by atoms with Crippen LogP contribution in [0.15, 0.2) is 18.2 Å². The molecule has 1 rings (SSSR count). The third-order valence-electron chi connectivity index (χ3n) is 1.77. The summed E-state index contributed by atoms with van der Waals surface area (Å²) in [6, 6.07) is 3.68. The minimum absolute atomic E-state index is 0.222. The molecule has 15 heavy (non-hydrogen) atoms. The third kappa shape index (κ3) is 3.75. The number of anilines is 1. The number of rotatable bonds is 4. The number of hydrogen-bond acceptors (Lipinski definition) is 2. The molecule has 1 amide bonds. The monoisotopic (exact) mass is 231 g/mol. The number of phenolic OH excluding ortho intramolecular Hbond substituents is 1. The number of hydrogen-bond donors (Lipinski definition) is 2. The van der Waals surface area contributed by atoms with Crippen LogP contribution in [0.25, 0.3) is 0 Å². The molecular formula is C10H11ClFNO2. The molecule has 0 aliphatic carbocycles. The fourth-order valence-corrected chi connectivity index (χ4v) is 1.17. The molecule has 0 heterocycles. The molecule has 0 unspecified atom stereocenters. The molecule has 0 aliphatic rings. The molecule has 5 heteroatoms. The summed E-state index contributed by atoms with van der Waals surface area (Å²) in [5, 5.41) is 11.4. The highest BCUT2D eigenvalue weighted by Crippen LogP contribution is 2.19. The Labute approximate surface area is 91.9 Å². The van der Waals surface area contributed by atoms with Crippen LogP contribution in [0.3, 0.4) is 0 Å². The zero-order valence-electron chi connectivity index (χ0n) is 7.96. The van der Waals surface area contributed by atoms with Gasteiger partial charge in [-0.25, -0.2) is 4.39 Å². The summed E-state index contributed by atoms with van der Waals surface area (Å²) in [6.45, 7) is 0. The number of phenols is 1. The van der Waals surface area contributed by atoms with E-state index in [4.69, 9.17) is 16.7 Å². The molecule has 1 aromatic carbocycles. The first kappa shape index (κ1) is 11.8. The predicted molar refractivity (Wildman–Crippen MR) is 56.6 cm³/mol. The van der Waals surface area contributed by atoms with E-state index in [0.717, 1.165) is 6.07 Å². The van der Waals surface area contributed by atoms with E-state index in [9.17, 15) is 9.18 Å². The van der Waals surface area contributed by atoms with Crippen LogP contribution in [-0.4, -0.2) is 16.9 Å². The van der Waals surface area contributed by atoms with Crippen LogP contribution >= 0.6 is 11.6 Å². The Bertz CT molecular complexity index is 357. The topological polar surface area (TPSA) is 49.3 Å². The second-order valence-electron chi connectivity index (χ2n) is 3.01. The van der Waals surface area contributed by atoms with Gasteiger partial charge >= 0.3 is 0 Å². The second-order valence-corrected chi connectivity index (χ2v) is 3.38. The van der Waals surface area contributed by atoms with E-state index >= 15 is 0 Å². The Hall–Kier alpha value is -1.29. The maximum absolute atomic E-state index is 12.9. The van der Waals surface area contributed by atoms with Crippen molar-refractivity contribution >= 4 is 23.2 Å². The summed E-state index contributed by atoms with van der Waals surface area (Å²) < 4.78 is 12.9. The van der Waals surface area contributed by atoms with Gasteiger partial charge in [-0.1, -0.05) is 0 Å². The fourth-order valence-electron chi connectivity index (χ4n) is 1.04. The highest BCUT2D eigenvalue weighted by Gasteiger charge is 2.04. The predicted octanol–water partition coefficient (Wildman–Crippen LogP) is 2.49. The van der Waals surface area contributed by atoms with Gasteiger partial charge in [0.1, 0.15) is 0 Å². The third-order valence-corrected chi connectivity index (χ3v) is 2.04. The summed E-state index contributed by atoms with van der Waals surface area (Å²) in [5.41, 5.74) is 0.324. The van der Waals surface area contributed by atoms with Gasteiger partial charge < -0.3 is 10.4 Å². The van der Waals surface area contributed by atoms with Gasteiger partial charge in [0.2, 0.25) is 5.91 Å². The Balaban J connectivity index is 2.57. The molecule has 0 spiro atoms. The number of alkyl halides is 1. The molecule has 3 nitrogen and oxygen atoms in total. The lowest BCUT2D eigenvalue weighted by molar-refractivity contribution is -0.116. The van der Waals surface area contributed by atoms with Gasteiger partial charge in [-0.3, -0.25) is 4.79 Å². The Kier molecular flexibility index (Phi) is 4.37. The number of carbonyl (C=O) groups is 1. The number of amides is 1. The van der Waals surface area contributed by atoms with Crippen molar-refractivity contribution in [2.24, 2.45) is 0 Å². The van der Waals surface area contributed by atoms with E-state index in [2.05, 4.69) is 5.32 Å². The lowest BCUT2D eigenvalue weighted by Gasteiger charge is -2.04. The van der Waals surface area contributed by atoms with Crippen LogP contribution in [0.2, 0.25) is 0 Å². The number of halogens is 2. The van der Waals surface area contributed by atoms with E-state index in [0.29, 0.717) is 24.4 Å². The average molecular weight is 232 g/mol. The largest absolute Gasteiger partial charge is 0.505 e. The highest BCUT2D eigenvalue weighted by molar-refractivity contribution is 6.18. The second kappa shape index (κ2) is 5.56. The molecule has 0 aromatic heterocycles. The summed E-state index contributed by atoms with van der Waals surface area (Å²) in [5.74, 6) is -1.00. The normalized spacial score (nSPS) is 10.0. The molecule has 0 atom stereocenters. The minimum Gasteiger partial charge on any atom is -0.505 e. The smallest absolute Gasteiger partial charge is 0.224 e. The quantitative estimate of drug-likeness (QED) is 0.618. The Morgan fingerprint density at radius 2 is 2.27 bits per heavy atom. The molecule has 0 aliphatic heterocycles. The summed E-state index contributed by atoms with van der Waals surface area (Å²) in [6.07, 6.45) is 0.875. The first-order valence-corrected chi connectivity index (χ1v) is 5.01. The van der Waals surface area contributed by atoms with Crippen molar-refractivity contribution in [3.05, 3.63) is 24.0 Å². The van der Waals surface area contributed by atoms with E-state index in [1.165, 1.54) is 12.1 Å². The van der Waals surface area contributed by atoms with Gasteiger partial charge in [-0.15, -0.1) is 11.6 Å². The van der Waals surface area contributed by atoms with Crippen molar-refractivity contribution in [3.63, 3.8) is 0 Å². The van der Waals surface area contributed by atoms with Crippen molar-refractivity contribution in [2.45, 2.75) is 12.8 Å². The fraction of sp³-hybridized carbons (Fsp3) is 0.300. The van der Waals surface area contributed by atoms with Crippen molar-refractivity contribution in [2.75, 3.05) is 11.2 Å². The summed E-state index contributed by atoms with van der Waals surface area (Å²) in [7, 11) is 0. The molecule has 1 aromatic rings. The molecular weight excluding hydrogens is 221 g/mol. The first-order chi connectivity index (χ1) is 7.13. The van der Waals surface area contributed by atoms with Crippen LogP contribution < -0.4 is 5.32 Å². The first-order valence-electron chi connectivity index (χ1n) is 4.48. The lowest BCUT2D eigenvalue weighted by Crippen LogP contribution is -2.11. The van der Waals surface area contributed by atoms with E-state index in [-0.39, 0.29) is 5.91 Å². The van der Waals surface area contributed by atoms with Gasteiger partial charge in [0.05, 0.1) is 0 Å². The number of nitrogens with one attached hydrogen (secondary N) is 1. The van der Waals surface area contributed by atoms with Gasteiger partial charge in [-0.05, 0) is 18.6 Å². The molecule has 0 bridgehead atoms. The molecule has 82 valence electrons. The van der Waals surface area contributed by atoms with Gasteiger partial charge in [0, 0.05) is 24.1 Å². The van der Waals surface area contributed by atoms with Gasteiger partial charge in [-0.2, -0.15) is 0 Å². The van der Waals surface area contributed by atoms with E-state index in [1.807, 2.05) is 0 Å². The molecule has 0 radical (unpaired) electrons. The van der Waals surface area contributed by atoms with E-state index in [1.54, 1.807) is 0 Å². The standard InChI is InChI=1S/C10H11ClFNO2/c11-5-1-2-10(15)13-7-3-4-9(14)8(12)6-7/h3-4,6,14H,1-2,5H2,(H,13,15). The highest BCUT2D eigenvalue weighted by atomic mass is 35.5. The molecule has 2 N–H and O–H groups in total. The van der Waals surface area contributed by atoms with E-state index < -0.39 is 11.6 Å². The van der Waals surface area contributed by atoms with Crippen molar-refractivity contribution < 1.29 is 14.3 Å². The summed E-state index contributed by atoms with van der Waals surface area (Å²) >= 11 is 5.42. The lowest BCUT2D eigenvalue weighted by atomic mass is 10.2. The Morgan fingerprint density at radius 1 is 1.53 bits per heavy atom. The average Bonchev–Trinajstić information content (AvgIpc) is 2.20. The molecule has 0 saturated carbocycles. The van der Waals surface area contributed by atoms with Crippen molar-refractivity contribution in [1.82, 2.24) is 0 Å². The number of aromatic hydroxyl groups is 1. The molecule has 0 fully saturated rings. The van der Waals surface area contributed by atoms with Crippen LogP contribution in [-0.2, 0) is 4.79 Å². The van der Waals surface area contributed by atoms with Crippen LogP contribution in [0.1, 0.15) is 12.8 Å². The van der Waals surface area contributed by atoms with Gasteiger partial charge in [0.25, 0.3) is 0 Å². The zero-order valence-corrected chi connectivity index (χ0v) is 8.72. The molecule has 0 saturated heterocycles. The Morgan fingerprint density at radius 3 is 2.87 bits per heavy atom.